The maximum Gasteiger partial charge on any atom is 0.313 e. The van der Waals surface area contributed by atoms with Gasteiger partial charge in [0.05, 0.1) is 36.6 Å². The van der Waals surface area contributed by atoms with E-state index < -0.39 is 59.6 Å². The summed E-state index contributed by atoms with van der Waals surface area (Å²) in [6.07, 6.45) is 2.74. The molecule has 1 unspecified atom stereocenters. The fraction of sp³-hybridized carbons (Fsp3) is 0.500. The first kappa shape index (κ1) is 38.4. The summed E-state index contributed by atoms with van der Waals surface area (Å²) >= 11 is 3.75. The van der Waals surface area contributed by atoms with E-state index in [1.165, 1.54) is 4.90 Å². The van der Waals surface area contributed by atoms with Gasteiger partial charge in [-0.15, -0.1) is 13.2 Å². The number of carbonyl (C=O) groups excluding carboxylic acids is 4. The number of fused-ring (bicyclic) bond motifs is 1. The molecule has 274 valence electrons. The average molecular weight is 765 g/mol. The number of hydrogen-bond acceptors (Lipinski definition) is 7. The molecule has 3 heterocycles. The van der Waals surface area contributed by atoms with Crippen molar-refractivity contribution in [3.8, 4) is 0 Å². The van der Waals surface area contributed by atoms with Gasteiger partial charge in [0.2, 0.25) is 11.8 Å². The maximum absolute atomic E-state index is 15.1. The molecular weight excluding hydrogens is 714 g/mol. The highest BCUT2D eigenvalue weighted by Crippen LogP contribution is 2.61. The molecule has 9 atom stereocenters. The van der Waals surface area contributed by atoms with Crippen LogP contribution in [0.25, 0.3) is 0 Å². The predicted octanol–water partition coefficient (Wildman–Crippen LogP) is 5.34. The van der Waals surface area contributed by atoms with Crippen LogP contribution in [-0.4, -0.2) is 81.5 Å². The molecule has 2 aromatic rings. The minimum Gasteiger partial charge on any atom is -0.455 e. The van der Waals surface area contributed by atoms with E-state index in [-0.39, 0.29) is 42.1 Å². The van der Waals surface area contributed by atoms with Gasteiger partial charge in [-0.1, -0.05) is 90.5 Å². The molecule has 3 saturated heterocycles. The predicted molar refractivity (Wildman–Crippen MR) is 199 cm³/mol. The number of benzene rings is 2. The molecule has 2 aromatic carbocycles. The van der Waals surface area contributed by atoms with E-state index in [4.69, 9.17) is 9.47 Å². The van der Waals surface area contributed by atoms with Gasteiger partial charge in [0.1, 0.15) is 17.7 Å². The molecule has 0 saturated carbocycles. The Labute approximate surface area is 309 Å². The SMILES string of the molecule is C=CCCC(=O)N[C@H](C)[C@@H](OC(=O)[C@@H]1[C@H]2O[C@@]3(CC2Br)[C@H](C(=O)N(CC=C)c2c(C)cccc2C)N([C@@H](CO)C(C)C)C(=O)[C@@H]13)c1ccccc1. The number of carbonyl (C=O) groups is 4. The zero-order valence-electron chi connectivity index (χ0n) is 30.1. The zero-order chi connectivity index (χ0) is 37.2. The normalized spacial score (nSPS) is 26.7. The second-order valence-electron chi connectivity index (χ2n) is 14.3. The number of nitrogens with one attached hydrogen (secondary N) is 1. The van der Waals surface area contributed by atoms with E-state index >= 15 is 4.79 Å². The van der Waals surface area contributed by atoms with Crippen molar-refractivity contribution in [1.29, 1.82) is 0 Å². The molecule has 2 bridgehead atoms. The lowest BCUT2D eigenvalue weighted by Crippen LogP contribution is -2.60. The van der Waals surface area contributed by atoms with Crippen LogP contribution in [0.2, 0.25) is 0 Å². The zero-order valence-corrected chi connectivity index (χ0v) is 31.7. The van der Waals surface area contributed by atoms with Crippen molar-refractivity contribution >= 4 is 45.3 Å². The molecule has 3 aliphatic rings. The molecule has 10 nitrogen and oxygen atoms in total. The number of aliphatic hydroxyl groups excluding tert-OH is 1. The van der Waals surface area contributed by atoms with E-state index in [9.17, 15) is 19.5 Å². The summed E-state index contributed by atoms with van der Waals surface area (Å²) in [5, 5.41) is 13.6. The van der Waals surface area contributed by atoms with Gasteiger partial charge in [-0.3, -0.25) is 19.2 Å². The molecular formula is C40H50BrN3O7. The first-order chi connectivity index (χ1) is 24.3. The Balaban J connectivity index is 1.57. The van der Waals surface area contributed by atoms with E-state index in [0.29, 0.717) is 24.1 Å². The van der Waals surface area contributed by atoms with Crippen LogP contribution in [0.1, 0.15) is 62.8 Å². The van der Waals surface area contributed by atoms with Crippen molar-refractivity contribution in [3.05, 3.63) is 90.5 Å². The number of ether oxygens (including phenoxy) is 2. The van der Waals surface area contributed by atoms with Gasteiger partial charge in [-0.05, 0) is 56.2 Å². The summed E-state index contributed by atoms with van der Waals surface area (Å²) in [5.41, 5.74) is 1.78. The number of amides is 3. The highest BCUT2D eigenvalue weighted by Gasteiger charge is 2.78. The Morgan fingerprint density at radius 2 is 1.76 bits per heavy atom. The summed E-state index contributed by atoms with van der Waals surface area (Å²) in [5.74, 6) is -3.95. The van der Waals surface area contributed by atoms with E-state index in [1.54, 1.807) is 24.0 Å². The third-order valence-corrected chi connectivity index (χ3v) is 11.5. The van der Waals surface area contributed by atoms with Crippen molar-refractivity contribution < 1.29 is 33.8 Å². The number of nitrogens with zero attached hydrogens (tertiary/aromatic N) is 2. The van der Waals surface area contributed by atoms with Gasteiger partial charge < -0.3 is 29.7 Å². The molecule has 51 heavy (non-hydrogen) atoms. The van der Waals surface area contributed by atoms with Gasteiger partial charge >= 0.3 is 5.97 Å². The van der Waals surface area contributed by atoms with Gasteiger partial charge in [0, 0.05) is 23.5 Å². The van der Waals surface area contributed by atoms with Crippen LogP contribution in [0, 0.1) is 31.6 Å². The van der Waals surface area contributed by atoms with Gasteiger partial charge in [0.15, 0.2) is 0 Å². The van der Waals surface area contributed by atoms with Crippen molar-refractivity contribution in [2.75, 3.05) is 18.1 Å². The molecule has 0 radical (unpaired) electrons. The van der Waals surface area contributed by atoms with Crippen LogP contribution < -0.4 is 10.2 Å². The number of allylic oxidation sites excluding steroid dienone is 1. The summed E-state index contributed by atoms with van der Waals surface area (Å²) in [4.78, 5) is 60.0. The minimum absolute atomic E-state index is 0.178. The summed E-state index contributed by atoms with van der Waals surface area (Å²) in [6.45, 7) is 16.8. The Hall–Kier alpha value is -3.80. The molecule has 5 rings (SSSR count). The highest BCUT2D eigenvalue weighted by molar-refractivity contribution is 9.09. The van der Waals surface area contributed by atoms with Crippen LogP contribution >= 0.6 is 15.9 Å². The molecule has 3 aliphatic heterocycles. The van der Waals surface area contributed by atoms with Crippen molar-refractivity contribution in [1.82, 2.24) is 10.2 Å². The third kappa shape index (κ3) is 7.04. The topological polar surface area (TPSA) is 125 Å². The number of halogens is 1. The lowest BCUT2D eigenvalue weighted by atomic mass is 9.70. The molecule has 3 fully saturated rings. The fourth-order valence-corrected chi connectivity index (χ4v) is 9.28. The van der Waals surface area contributed by atoms with Gasteiger partial charge in [0.25, 0.3) is 5.91 Å². The number of rotatable bonds is 15. The fourth-order valence-electron chi connectivity index (χ4n) is 8.33. The second-order valence-corrected chi connectivity index (χ2v) is 15.5. The molecule has 0 aliphatic carbocycles. The van der Waals surface area contributed by atoms with Crippen molar-refractivity contribution in [2.24, 2.45) is 17.8 Å². The van der Waals surface area contributed by atoms with E-state index in [0.717, 1.165) is 11.1 Å². The molecule has 1 spiro atoms. The lowest BCUT2D eigenvalue weighted by molar-refractivity contribution is -0.162. The number of esters is 1. The number of aliphatic hydroxyl groups is 1. The molecule has 11 heteroatoms. The first-order valence-corrected chi connectivity index (χ1v) is 18.6. The smallest absolute Gasteiger partial charge is 0.313 e. The standard InChI is InChI=1S/C40H50BrN3O7/c1-8-10-19-30(46)42-26(7)34(27-17-12-11-13-18-27)50-39(49)31-32-37(47)44(29(22-45)23(3)4)36(40(32)21-28(41)35(31)51-40)38(48)43(20-9-2)33-24(5)15-14-16-25(33)6/h8-9,11-18,23,26,28-29,31-32,34-36,45H,1-2,10,19-22H2,3-7H3,(H,42,46)/t26-,28?,29+,31+,32-,34-,35+,36+,40-/m1/s1. The molecule has 3 amide bonds. The quantitative estimate of drug-likeness (QED) is 0.143. The van der Waals surface area contributed by atoms with E-state index in [2.05, 4.69) is 34.4 Å². The Morgan fingerprint density at radius 1 is 1.10 bits per heavy atom. The number of anilines is 1. The van der Waals surface area contributed by atoms with Crippen LogP contribution in [0.15, 0.2) is 73.8 Å². The third-order valence-electron chi connectivity index (χ3n) is 10.6. The number of likely N-dealkylation sites (tertiary alicyclic amines) is 1. The number of hydrogen-bond donors (Lipinski definition) is 2. The van der Waals surface area contributed by atoms with Gasteiger partial charge in [-0.25, -0.2) is 0 Å². The summed E-state index contributed by atoms with van der Waals surface area (Å²) in [7, 11) is 0. The average Bonchev–Trinajstić information content (AvgIpc) is 3.69. The summed E-state index contributed by atoms with van der Waals surface area (Å²) in [6, 6.07) is 12.5. The number of alkyl halides is 1. The molecule has 2 N–H and O–H groups in total. The highest BCUT2D eigenvalue weighted by atomic mass is 79.9. The number of para-hydroxylation sites is 1. The van der Waals surface area contributed by atoms with Crippen LogP contribution in [-0.2, 0) is 28.7 Å². The van der Waals surface area contributed by atoms with Gasteiger partial charge in [-0.2, -0.15) is 0 Å². The Bertz CT molecular complexity index is 1630. The monoisotopic (exact) mass is 763 g/mol. The largest absolute Gasteiger partial charge is 0.455 e. The lowest BCUT2D eigenvalue weighted by Gasteiger charge is -2.41. The number of aryl methyl sites for hydroxylation is 2. The van der Waals surface area contributed by atoms with Crippen LogP contribution in [0.4, 0.5) is 5.69 Å². The Morgan fingerprint density at radius 3 is 2.35 bits per heavy atom. The van der Waals surface area contributed by atoms with Crippen molar-refractivity contribution in [2.45, 2.75) is 94.6 Å². The Kier molecular flexibility index (Phi) is 11.9. The summed E-state index contributed by atoms with van der Waals surface area (Å²) < 4.78 is 13.1. The van der Waals surface area contributed by atoms with Crippen LogP contribution in [0.5, 0.6) is 0 Å². The van der Waals surface area contributed by atoms with E-state index in [1.807, 2.05) is 76.2 Å². The first-order valence-electron chi connectivity index (χ1n) is 17.7. The molecule has 0 aromatic heterocycles. The minimum atomic E-state index is -1.37. The van der Waals surface area contributed by atoms with Crippen molar-refractivity contribution in [3.63, 3.8) is 0 Å². The second kappa shape index (κ2) is 15.8. The maximum atomic E-state index is 15.1. The van der Waals surface area contributed by atoms with Crippen LogP contribution in [0.3, 0.4) is 0 Å².